The first-order chi connectivity index (χ1) is 13.8. The molecule has 164 valence electrons. The van der Waals surface area contributed by atoms with Gasteiger partial charge in [0.15, 0.2) is 5.96 Å². The number of hydrogen-bond donors (Lipinski definition) is 1. The van der Waals surface area contributed by atoms with Gasteiger partial charge in [0.2, 0.25) is 0 Å². The van der Waals surface area contributed by atoms with Crippen molar-refractivity contribution >= 4 is 29.9 Å². The van der Waals surface area contributed by atoms with E-state index in [2.05, 4.69) is 59.3 Å². The Morgan fingerprint density at radius 1 is 1.07 bits per heavy atom. The van der Waals surface area contributed by atoms with Crippen LogP contribution in [0.25, 0.3) is 0 Å². The van der Waals surface area contributed by atoms with Crippen LogP contribution >= 0.6 is 24.0 Å². The molecule has 0 spiro atoms. The zero-order valence-corrected chi connectivity index (χ0v) is 20.5. The van der Waals surface area contributed by atoms with Crippen LogP contribution in [-0.2, 0) is 11.3 Å². The number of ether oxygens (including phenoxy) is 1. The maximum absolute atomic E-state index is 5.80. The molecule has 5 nitrogen and oxygen atoms in total. The van der Waals surface area contributed by atoms with Crippen molar-refractivity contribution in [2.24, 2.45) is 4.99 Å². The summed E-state index contributed by atoms with van der Waals surface area (Å²) in [6.07, 6.45) is 6.50. The van der Waals surface area contributed by atoms with Crippen molar-refractivity contribution in [2.75, 3.05) is 39.3 Å². The minimum Gasteiger partial charge on any atom is -0.378 e. The molecular formula is C23H39IN4O. The monoisotopic (exact) mass is 514 g/mol. The van der Waals surface area contributed by atoms with Crippen LogP contribution in [0.1, 0.15) is 51.5 Å². The van der Waals surface area contributed by atoms with E-state index in [1.54, 1.807) is 0 Å². The lowest BCUT2D eigenvalue weighted by molar-refractivity contribution is 0.0263. The van der Waals surface area contributed by atoms with Gasteiger partial charge in [-0.3, -0.25) is 9.89 Å². The van der Waals surface area contributed by atoms with Crippen LogP contribution in [0.15, 0.2) is 35.3 Å². The summed E-state index contributed by atoms with van der Waals surface area (Å²) in [7, 11) is 0. The van der Waals surface area contributed by atoms with Crippen LogP contribution in [0.5, 0.6) is 0 Å². The number of halogens is 1. The van der Waals surface area contributed by atoms with E-state index in [9.17, 15) is 0 Å². The number of nitrogens with zero attached hydrogens (tertiary/aromatic N) is 3. The summed E-state index contributed by atoms with van der Waals surface area (Å²) in [5.74, 6) is 1.09. The van der Waals surface area contributed by atoms with Crippen LogP contribution in [0.2, 0.25) is 0 Å². The van der Waals surface area contributed by atoms with Crippen molar-refractivity contribution in [3.8, 4) is 0 Å². The van der Waals surface area contributed by atoms with Gasteiger partial charge in [-0.05, 0) is 51.6 Å². The Hall–Kier alpha value is -0.860. The molecule has 1 N–H and O–H groups in total. The second-order valence-corrected chi connectivity index (χ2v) is 7.94. The van der Waals surface area contributed by atoms with Crippen molar-refractivity contribution in [2.45, 2.75) is 64.6 Å². The van der Waals surface area contributed by atoms with Gasteiger partial charge in [0.05, 0.1) is 12.6 Å². The van der Waals surface area contributed by atoms with Crippen molar-refractivity contribution in [3.63, 3.8) is 0 Å². The second-order valence-electron chi connectivity index (χ2n) is 7.94. The summed E-state index contributed by atoms with van der Waals surface area (Å²) < 4.78 is 5.80. The van der Waals surface area contributed by atoms with Crippen molar-refractivity contribution in [1.29, 1.82) is 0 Å². The van der Waals surface area contributed by atoms with Crippen molar-refractivity contribution in [1.82, 2.24) is 15.1 Å². The van der Waals surface area contributed by atoms with E-state index in [1.165, 1.54) is 31.4 Å². The van der Waals surface area contributed by atoms with E-state index < -0.39 is 0 Å². The Labute approximate surface area is 194 Å². The Balaban J connectivity index is 0.00000300. The predicted octanol–water partition coefficient (Wildman–Crippen LogP) is 4.13. The number of rotatable bonds is 7. The first-order valence-electron chi connectivity index (χ1n) is 11.2. The number of likely N-dealkylation sites (tertiary alicyclic amines) is 2. The minimum absolute atomic E-state index is 0. The molecule has 0 bridgehead atoms. The number of nitrogens with one attached hydrogen (secondary N) is 1. The molecule has 0 aliphatic carbocycles. The average Bonchev–Trinajstić information content (AvgIpc) is 2.74. The smallest absolute Gasteiger partial charge is 0.193 e. The lowest BCUT2D eigenvalue weighted by atomic mass is 10.0. The molecule has 0 saturated carbocycles. The Morgan fingerprint density at radius 2 is 1.83 bits per heavy atom. The summed E-state index contributed by atoms with van der Waals surface area (Å²) in [6, 6.07) is 11.4. The molecule has 0 amide bonds. The number of piperidine rings is 2. The van der Waals surface area contributed by atoms with Crippen LogP contribution in [-0.4, -0.2) is 67.2 Å². The Morgan fingerprint density at radius 3 is 2.52 bits per heavy atom. The first-order valence-corrected chi connectivity index (χ1v) is 11.2. The largest absolute Gasteiger partial charge is 0.378 e. The van der Waals surface area contributed by atoms with E-state index in [0.717, 1.165) is 58.1 Å². The number of hydrogen-bond acceptors (Lipinski definition) is 3. The maximum atomic E-state index is 5.80. The van der Waals surface area contributed by atoms with Crippen molar-refractivity contribution in [3.05, 3.63) is 35.9 Å². The molecule has 2 aliphatic rings. The number of guanidine groups is 1. The molecule has 1 aromatic rings. The van der Waals surface area contributed by atoms with Gasteiger partial charge in [-0.1, -0.05) is 36.8 Å². The summed E-state index contributed by atoms with van der Waals surface area (Å²) in [5, 5.41) is 3.52. The van der Waals surface area contributed by atoms with E-state index in [1.807, 2.05) is 0 Å². The highest BCUT2D eigenvalue weighted by atomic mass is 127. The van der Waals surface area contributed by atoms with E-state index in [0.29, 0.717) is 12.1 Å². The molecule has 1 aromatic carbocycles. The standard InChI is InChI=1S/C23H38N4O.HI/c1-3-24-23(26-16-13-22(14-17-26)28-4-2)25-18-21-12-8-9-15-27(21)19-20-10-6-5-7-11-20;/h5-7,10-11,21-22H,3-4,8-9,12-19H2,1-2H3,(H,24,25);1H. The van der Waals surface area contributed by atoms with Gasteiger partial charge in [-0.25, -0.2) is 0 Å². The molecule has 3 rings (SSSR count). The zero-order chi connectivity index (χ0) is 19.6. The average molecular weight is 514 g/mol. The highest BCUT2D eigenvalue weighted by Crippen LogP contribution is 2.20. The van der Waals surface area contributed by atoms with Crippen molar-refractivity contribution < 1.29 is 4.74 Å². The minimum atomic E-state index is 0. The SMILES string of the molecule is CCNC(=NCC1CCCCN1Cc1ccccc1)N1CCC(OCC)CC1.I. The third kappa shape index (κ3) is 7.72. The van der Waals surface area contributed by atoms with Gasteiger partial charge in [0.25, 0.3) is 0 Å². The van der Waals surface area contributed by atoms with E-state index >= 15 is 0 Å². The van der Waals surface area contributed by atoms with E-state index in [-0.39, 0.29) is 24.0 Å². The third-order valence-electron chi connectivity index (χ3n) is 5.91. The summed E-state index contributed by atoms with van der Waals surface area (Å²) in [4.78, 5) is 10.1. The first kappa shape index (κ1) is 24.4. The van der Waals surface area contributed by atoms with Crippen LogP contribution < -0.4 is 5.32 Å². The van der Waals surface area contributed by atoms with Crippen LogP contribution in [0.4, 0.5) is 0 Å². The molecule has 6 heteroatoms. The molecule has 1 atom stereocenters. The molecular weight excluding hydrogens is 475 g/mol. The van der Waals surface area contributed by atoms with Gasteiger partial charge in [0.1, 0.15) is 0 Å². The molecule has 29 heavy (non-hydrogen) atoms. The Kier molecular flexibility index (Phi) is 11.3. The molecule has 0 aromatic heterocycles. The van der Waals surface area contributed by atoms with Gasteiger partial charge in [0, 0.05) is 38.8 Å². The molecule has 0 radical (unpaired) electrons. The third-order valence-corrected chi connectivity index (χ3v) is 5.91. The molecule has 2 heterocycles. The molecule has 2 aliphatic heterocycles. The predicted molar refractivity (Wildman–Crippen MR) is 132 cm³/mol. The van der Waals surface area contributed by atoms with Gasteiger partial charge in [-0.15, -0.1) is 24.0 Å². The normalized spacial score (nSPS) is 21.7. The molecule has 2 saturated heterocycles. The fraction of sp³-hybridized carbons (Fsp3) is 0.696. The maximum Gasteiger partial charge on any atom is 0.193 e. The second kappa shape index (κ2) is 13.4. The number of aliphatic imine (C=N–C) groups is 1. The Bertz CT molecular complexity index is 590. The van der Waals surface area contributed by atoms with Gasteiger partial charge < -0.3 is 15.0 Å². The summed E-state index contributed by atoms with van der Waals surface area (Å²) in [5.41, 5.74) is 1.41. The summed E-state index contributed by atoms with van der Waals surface area (Å²) >= 11 is 0. The topological polar surface area (TPSA) is 40.1 Å². The quantitative estimate of drug-likeness (QED) is 0.338. The van der Waals surface area contributed by atoms with Crippen LogP contribution in [0.3, 0.4) is 0 Å². The van der Waals surface area contributed by atoms with Crippen LogP contribution in [0, 0.1) is 0 Å². The fourth-order valence-corrected chi connectivity index (χ4v) is 4.38. The summed E-state index contributed by atoms with van der Waals surface area (Å²) in [6.45, 7) is 11.2. The van der Waals surface area contributed by atoms with Gasteiger partial charge in [-0.2, -0.15) is 0 Å². The van der Waals surface area contributed by atoms with Gasteiger partial charge >= 0.3 is 0 Å². The zero-order valence-electron chi connectivity index (χ0n) is 18.2. The van der Waals surface area contributed by atoms with E-state index in [4.69, 9.17) is 9.73 Å². The fourth-order valence-electron chi connectivity index (χ4n) is 4.38. The molecule has 2 fully saturated rings. The highest BCUT2D eigenvalue weighted by molar-refractivity contribution is 14.0. The highest BCUT2D eigenvalue weighted by Gasteiger charge is 2.24. The number of benzene rings is 1. The lowest BCUT2D eigenvalue weighted by Crippen LogP contribution is -2.48. The molecule has 1 unspecified atom stereocenters. The lowest BCUT2D eigenvalue weighted by Gasteiger charge is -2.36.